The van der Waals surface area contributed by atoms with E-state index in [0.29, 0.717) is 11.3 Å². The van der Waals surface area contributed by atoms with Gasteiger partial charge in [0, 0.05) is 16.2 Å². The van der Waals surface area contributed by atoms with E-state index in [2.05, 4.69) is 19.9 Å². The summed E-state index contributed by atoms with van der Waals surface area (Å²) < 4.78 is 5.35. The molecule has 3 heteroatoms. The standard InChI is InChI=1S/C14H23NOS/c1-9(2)11-4-5-12(15)14(8-11)17-13-6-7-16-10(13)3/h6-7,9,11-12,14H,4-5,8,15H2,1-3H3. The van der Waals surface area contributed by atoms with Crippen molar-refractivity contribution in [3.05, 3.63) is 18.1 Å². The molecule has 1 saturated carbocycles. The average Bonchev–Trinajstić information content (AvgIpc) is 2.67. The van der Waals surface area contributed by atoms with Gasteiger partial charge in [-0.05, 0) is 44.1 Å². The SMILES string of the molecule is Cc1occc1SC1CC(C(C)C)CCC1N. The predicted octanol–water partition coefficient (Wildman–Crippen LogP) is 3.83. The van der Waals surface area contributed by atoms with Gasteiger partial charge >= 0.3 is 0 Å². The van der Waals surface area contributed by atoms with Crippen molar-refractivity contribution in [3.8, 4) is 0 Å². The highest BCUT2D eigenvalue weighted by atomic mass is 32.2. The molecule has 3 unspecified atom stereocenters. The summed E-state index contributed by atoms with van der Waals surface area (Å²) in [6.45, 7) is 6.68. The highest BCUT2D eigenvalue weighted by Crippen LogP contribution is 2.39. The number of rotatable bonds is 3. The molecule has 96 valence electrons. The Morgan fingerprint density at radius 2 is 2.18 bits per heavy atom. The molecule has 0 amide bonds. The molecule has 1 heterocycles. The van der Waals surface area contributed by atoms with Crippen LogP contribution in [0.15, 0.2) is 21.6 Å². The zero-order valence-corrected chi connectivity index (χ0v) is 11.8. The summed E-state index contributed by atoms with van der Waals surface area (Å²) in [7, 11) is 0. The van der Waals surface area contributed by atoms with Gasteiger partial charge in [-0.3, -0.25) is 0 Å². The summed E-state index contributed by atoms with van der Waals surface area (Å²) in [6, 6.07) is 2.40. The Morgan fingerprint density at radius 3 is 2.76 bits per heavy atom. The Balaban J connectivity index is 2.01. The maximum Gasteiger partial charge on any atom is 0.114 e. The molecule has 0 radical (unpaired) electrons. The van der Waals surface area contributed by atoms with Gasteiger partial charge in [-0.25, -0.2) is 0 Å². The van der Waals surface area contributed by atoms with E-state index < -0.39 is 0 Å². The number of aryl methyl sites for hydroxylation is 1. The predicted molar refractivity (Wildman–Crippen MR) is 73.2 cm³/mol. The van der Waals surface area contributed by atoms with Crippen molar-refractivity contribution in [1.82, 2.24) is 0 Å². The number of hydrogen-bond donors (Lipinski definition) is 1. The van der Waals surface area contributed by atoms with Crippen molar-refractivity contribution in [3.63, 3.8) is 0 Å². The average molecular weight is 253 g/mol. The van der Waals surface area contributed by atoms with Crippen LogP contribution in [0.2, 0.25) is 0 Å². The van der Waals surface area contributed by atoms with Crippen LogP contribution in [0, 0.1) is 18.8 Å². The van der Waals surface area contributed by atoms with Crippen molar-refractivity contribution >= 4 is 11.8 Å². The lowest BCUT2D eigenvalue weighted by Gasteiger charge is -2.35. The van der Waals surface area contributed by atoms with Gasteiger partial charge in [-0.1, -0.05) is 13.8 Å². The highest BCUT2D eigenvalue weighted by molar-refractivity contribution is 8.00. The van der Waals surface area contributed by atoms with E-state index in [1.807, 2.05) is 18.7 Å². The molecule has 1 aromatic rings. The molecule has 1 aliphatic carbocycles. The summed E-state index contributed by atoms with van der Waals surface area (Å²) in [5.41, 5.74) is 6.26. The fraction of sp³-hybridized carbons (Fsp3) is 0.714. The highest BCUT2D eigenvalue weighted by Gasteiger charge is 2.30. The second-order valence-electron chi connectivity index (χ2n) is 5.48. The Labute approximate surface area is 108 Å². The van der Waals surface area contributed by atoms with Crippen LogP contribution in [0.3, 0.4) is 0 Å². The van der Waals surface area contributed by atoms with Gasteiger partial charge in [0.25, 0.3) is 0 Å². The summed E-state index contributed by atoms with van der Waals surface area (Å²) >= 11 is 1.91. The van der Waals surface area contributed by atoms with E-state index in [-0.39, 0.29) is 0 Å². The van der Waals surface area contributed by atoms with Crippen molar-refractivity contribution in [1.29, 1.82) is 0 Å². The normalized spacial score (nSPS) is 29.8. The summed E-state index contributed by atoms with van der Waals surface area (Å²) in [5, 5.41) is 0.549. The van der Waals surface area contributed by atoms with Crippen LogP contribution in [-0.4, -0.2) is 11.3 Å². The van der Waals surface area contributed by atoms with Gasteiger partial charge in [0.15, 0.2) is 0 Å². The minimum atomic E-state index is 0.337. The molecule has 3 atom stereocenters. The fourth-order valence-electron chi connectivity index (χ4n) is 2.58. The molecule has 2 rings (SSSR count). The summed E-state index contributed by atoms with van der Waals surface area (Å²) in [4.78, 5) is 1.26. The third-order valence-electron chi connectivity index (χ3n) is 3.92. The van der Waals surface area contributed by atoms with Crippen LogP contribution in [0.25, 0.3) is 0 Å². The minimum absolute atomic E-state index is 0.337. The fourth-order valence-corrected chi connectivity index (χ4v) is 3.91. The van der Waals surface area contributed by atoms with Crippen LogP contribution in [0.5, 0.6) is 0 Å². The first-order valence-electron chi connectivity index (χ1n) is 6.54. The first-order chi connectivity index (χ1) is 8.08. The lowest BCUT2D eigenvalue weighted by molar-refractivity contribution is 0.266. The zero-order chi connectivity index (χ0) is 12.4. The molecule has 1 aromatic heterocycles. The van der Waals surface area contributed by atoms with Crippen molar-refractivity contribution < 1.29 is 4.42 Å². The van der Waals surface area contributed by atoms with Gasteiger partial charge in [0.1, 0.15) is 5.76 Å². The summed E-state index contributed by atoms with van der Waals surface area (Å²) in [6.07, 6.45) is 5.47. The first-order valence-corrected chi connectivity index (χ1v) is 7.42. The number of nitrogens with two attached hydrogens (primary N) is 1. The van der Waals surface area contributed by atoms with Crippen LogP contribution in [-0.2, 0) is 0 Å². The Bertz CT molecular complexity index is 361. The quantitative estimate of drug-likeness (QED) is 0.889. The van der Waals surface area contributed by atoms with E-state index in [4.69, 9.17) is 10.2 Å². The third kappa shape index (κ3) is 3.08. The van der Waals surface area contributed by atoms with Gasteiger partial charge < -0.3 is 10.2 Å². The van der Waals surface area contributed by atoms with Crippen molar-refractivity contribution in [2.24, 2.45) is 17.6 Å². The second-order valence-corrected chi connectivity index (χ2v) is 6.76. The first kappa shape index (κ1) is 13.0. The third-order valence-corrected chi connectivity index (χ3v) is 5.44. The maximum atomic E-state index is 6.26. The zero-order valence-electron chi connectivity index (χ0n) is 11.0. The largest absolute Gasteiger partial charge is 0.468 e. The molecule has 0 saturated heterocycles. The van der Waals surface area contributed by atoms with Gasteiger partial charge in [0.2, 0.25) is 0 Å². The Hall–Kier alpha value is -0.410. The number of thioether (sulfide) groups is 1. The van der Waals surface area contributed by atoms with Gasteiger partial charge in [-0.15, -0.1) is 11.8 Å². The molecular weight excluding hydrogens is 230 g/mol. The van der Waals surface area contributed by atoms with E-state index >= 15 is 0 Å². The molecule has 0 spiro atoms. The van der Waals surface area contributed by atoms with E-state index in [0.717, 1.165) is 24.0 Å². The maximum absolute atomic E-state index is 6.26. The molecule has 0 bridgehead atoms. The lowest BCUT2D eigenvalue weighted by Crippen LogP contribution is -2.39. The summed E-state index contributed by atoms with van der Waals surface area (Å²) in [5.74, 6) is 2.63. The molecule has 17 heavy (non-hydrogen) atoms. The van der Waals surface area contributed by atoms with E-state index in [1.54, 1.807) is 6.26 Å². The molecule has 0 aromatic carbocycles. The molecule has 2 nitrogen and oxygen atoms in total. The number of furan rings is 1. The molecular formula is C14H23NOS. The van der Waals surface area contributed by atoms with Crippen LogP contribution in [0.4, 0.5) is 0 Å². The minimum Gasteiger partial charge on any atom is -0.468 e. The molecule has 1 aliphatic rings. The van der Waals surface area contributed by atoms with Gasteiger partial charge in [0.05, 0.1) is 6.26 Å². The second kappa shape index (κ2) is 5.49. The smallest absolute Gasteiger partial charge is 0.114 e. The van der Waals surface area contributed by atoms with E-state index in [9.17, 15) is 0 Å². The van der Waals surface area contributed by atoms with Gasteiger partial charge in [-0.2, -0.15) is 0 Å². The lowest BCUT2D eigenvalue weighted by atomic mass is 9.79. The van der Waals surface area contributed by atoms with Crippen LogP contribution >= 0.6 is 11.8 Å². The Morgan fingerprint density at radius 1 is 1.41 bits per heavy atom. The van der Waals surface area contributed by atoms with Crippen LogP contribution in [0.1, 0.15) is 38.9 Å². The van der Waals surface area contributed by atoms with Crippen molar-refractivity contribution in [2.75, 3.05) is 0 Å². The topological polar surface area (TPSA) is 39.2 Å². The molecule has 0 aliphatic heterocycles. The Kier molecular flexibility index (Phi) is 4.21. The monoisotopic (exact) mass is 253 g/mol. The van der Waals surface area contributed by atoms with Crippen LogP contribution < -0.4 is 5.73 Å². The number of hydrogen-bond acceptors (Lipinski definition) is 3. The van der Waals surface area contributed by atoms with E-state index in [1.165, 1.54) is 17.7 Å². The molecule has 1 fully saturated rings. The van der Waals surface area contributed by atoms with Crippen molar-refractivity contribution in [2.45, 2.75) is 56.2 Å². The molecule has 2 N–H and O–H groups in total.